The van der Waals surface area contributed by atoms with Gasteiger partial charge in [0.05, 0.1) is 0 Å². The van der Waals surface area contributed by atoms with Crippen LogP contribution in [-0.4, -0.2) is 40.7 Å². The monoisotopic (exact) mass is 362 g/mol. The first-order valence-electron chi connectivity index (χ1n) is 5.61. The Kier molecular flexibility index (Phi) is 3.01. The van der Waals surface area contributed by atoms with Crippen molar-refractivity contribution in [1.29, 1.82) is 0 Å². The molecule has 20 heavy (non-hydrogen) atoms. The first-order chi connectivity index (χ1) is 9.36. The van der Waals surface area contributed by atoms with E-state index < -0.39 is 27.8 Å². The molecule has 2 aromatic heterocycles. The maximum absolute atomic E-state index is 13.0. The fraction of sp³-hybridized carbons (Fsp3) is 0.300. The predicted octanol–water partition coefficient (Wildman–Crippen LogP) is 0.896. The maximum Gasteiger partial charge on any atom is 0.307 e. The van der Waals surface area contributed by atoms with Crippen LogP contribution in [0.3, 0.4) is 0 Å². The summed E-state index contributed by atoms with van der Waals surface area (Å²) in [6.45, 7) is -0.272. The molecule has 0 radical (unpaired) electrons. The van der Waals surface area contributed by atoms with Gasteiger partial charge in [0.1, 0.15) is 9.85 Å². The van der Waals surface area contributed by atoms with Gasteiger partial charge in [-0.2, -0.15) is 13.4 Å². The highest BCUT2D eigenvalue weighted by Crippen LogP contribution is 2.24. The minimum Gasteiger partial charge on any atom is -0.278 e. The quantitative estimate of drug-likeness (QED) is 0.585. The summed E-state index contributed by atoms with van der Waals surface area (Å²) in [5, 5.41) is 2.75. The first kappa shape index (κ1) is 13.4. The summed E-state index contributed by atoms with van der Waals surface area (Å²) in [4.78, 5) is 17.0. The molecule has 0 bridgehead atoms. The largest absolute Gasteiger partial charge is 0.307 e. The molecule has 1 fully saturated rings. The fourth-order valence-corrected chi connectivity index (χ4v) is 3.12. The summed E-state index contributed by atoms with van der Waals surface area (Å²) in [6.07, 6.45) is -0.393. The Bertz CT molecular complexity index is 806. The number of rotatable bonds is 2. The van der Waals surface area contributed by atoms with E-state index in [0.717, 1.165) is 4.90 Å². The topological polar surface area (TPSA) is 84.6 Å². The average molecular weight is 363 g/mol. The molecule has 1 atom stereocenters. The number of nitrogens with zero attached hydrogens (tertiary/aromatic N) is 4. The predicted molar refractivity (Wildman–Crippen MR) is 71.5 cm³/mol. The van der Waals surface area contributed by atoms with E-state index in [-0.39, 0.29) is 12.5 Å². The minimum absolute atomic E-state index is 0.0630. The number of hydrogen-bond donors (Lipinski definition) is 0. The van der Waals surface area contributed by atoms with Gasteiger partial charge in [0.25, 0.3) is 5.95 Å². The number of hydrogen-bond acceptors (Lipinski definition) is 5. The van der Waals surface area contributed by atoms with Gasteiger partial charge in [-0.25, -0.2) is 4.52 Å². The highest BCUT2D eigenvalue weighted by atomic mass is 79.9. The van der Waals surface area contributed by atoms with Crippen molar-refractivity contribution in [2.24, 2.45) is 0 Å². The van der Waals surface area contributed by atoms with E-state index in [1.165, 1.54) is 4.52 Å². The van der Waals surface area contributed by atoms with Crippen LogP contribution in [0.4, 0.5) is 9.83 Å². The molecular weight excluding hydrogens is 355 g/mol. The van der Waals surface area contributed by atoms with Gasteiger partial charge >= 0.3 is 10.2 Å². The number of aromatic nitrogens is 3. The van der Waals surface area contributed by atoms with E-state index in [0.29, 0.717) is 10.3 Å². The maximum atomic E-state index is 13.0. The molecule has 3 rings (SSSR count). The lowest BCUT2D eigenvalue weighted by Gasteiger charge is -2.09. The van der Waals surface area contributed by atoms with Crippen LogP contribution >= 0.6 is 15.9 Å². The zero-order chi connectivity index (χ0) is 14.5. The number of carbonyl (C=O) groups is 1. The standard InChI is InChI=1S/C10H8BrFN4O3S/c11-7-2-1-3-8-13-10(14-16(7)8)15-5-6(4-9(15)17)20(12,18)19/h1-3,6H,4-5H2. The van der Waals surface area contributed by atoms with E-state index in [1.807, 2.05) is 0 Å². The SMILES string of the molecule is O=C1CC(S(=O)(=O)F)CN1c1nc2cccc(Br)n2n1. The third kappa shape index (κ3) is 2.18. The summed E-state index contributed by atoms with van der Waals surface area (Å²) in [6, 6.07) is 5.18. The van der Waals surface area contributed by atoms with Crippen molar-refractivity contribution in [3.8, 4) is 0 Å². The minimum atomic E-state index is -4.75. The van der Waals surface area contributed by atoms with Crippen molar-refractivity contribution in [2.45, 2.75) is 11.7 Å². The molecular formula is C10H8BrFN4O3S. The Morgan fingerprint density at radius 3 is 2.75 bits per heavy atom. The fourth-order valence-electron chi connectivity index (χ4n) is 2.03. The molecule has 106 valence electrons. The lowest BCUT2D eigenvalue weighted by Crippen LogP contribution is -2.28. The molecule has 0 saturated carbocycles. The van der Waals surface area contributed by atoms with E-state index in [1.54, 1.807) is 18.2 Å². The Balaban J connectivity index is 2.00. The molecule has 3 heterocycles. The van der Waals surface area contributed by atoms with Crippen LogP contribution in [0.25, 0.3) is 5.65 Å². The van der Waals surface area contributed by atoms with Crippen LogP contribution in [-0.2, 0) is 15.0 Å². The molecule has 0 aliphatic carbocycles. The Labute approximate surface area is 121 Å². The highest BCUT2D eigenvalue weighted by Gasteiger charge is 2.40. The normalized spacial score (nSPS) is 20.0. The molecule has 1 unspecified atom stereocenters. The zero-order valence-corrected chi connectivity index (χ0v) is 12.3. The number of pyridine rings is 1. The van der Waals surface area contributed by atoms with Crippen LogP contribution in [0, 0.1) is 0 Å². The van der Waals surface area contributed by atoms with Crippen molar-refractivity contribution in [1.82, 2.24) is 14.6 Å². The second-order valence-corrected chi connectivity index (χ2v) is 6.77. The molecule has 10 heteroatoms. The van der Waals surface area contributed by atoms with E-state index in [2.05, 4.69) is 26.0 Å². The molecule has 7 nitrogen and oxygen atoms in total. The van der Waals surface area contributed by atoms with E-state index in [9.17, 15) is 17.1 Å². The number of halogens is 2. The number of anilines is 1. The summed E-state index contributed by atoms with van der Waals surface area (Å²) in [7, 11) is -4.75. The zero-order valence-electron chi connectivity index (χ0n) is 9.90. The second-order valence-electron chi connectivity index (χ2n) is 4.34. The lowest BCUT2D eigenvalue weighted by molar-refractivity contribution is -0.117. The average Bonchev–Trinajstić information content (AvgIpc) is 2.92. The van der Waals surface area contributed by atoms with Crippen molar-refractivity contribution < 1.29 is 17.1 Å². The Morgan fingerprint density at radius 2 is 2.15 bits per heavy atom. The molecule has 0 aromatic carbocycles. The van der Waals surface area contributed by atoms with Crippen LogP contribution < -0.4 is 4.90 Å². The number of amides is 1. The van der Waals surface area contributed by atoms with Crippen molar-refractivity contribution in [2.75, 3.05) is 11.4 Å². The summed E-state index contributed by atoms with van der Waals surface area (Å²) >= 11 is 3.28. The van der Waals surface area contributed by atoms with Gasteiger partial charge in [-0.05, 0) is 28.1 Å². The van der Waals surface area contributed by atoms with E-state index in [4.69, 9.17) is 0 Å². The molecule has 1 saturated heterocycles. The molecule has 2 aromatic rings. The lowest BCUT2D eigenvalue weighted by atomic mass is 10.4. The summed E-state index contributed by atoms with van der Waals surface area (Å²) < 4.78 is 36.8. The van der Waals surface area contributed by atoms with Gasteiger partial charge in [0, 0.05) is 13.0 Å². The molecule has 1 aliphatic heterocycles. The number of fused-ring (bicyclic) bond motifs is 1. The van der Waals surface area contributed by atoms with Crippen LogP contribution in [0.1, 0.15) is 6.42 Å². The molecule has 1 aliphatic rings. The third-order valence-corrected chi connectivity index (χ3v) is 4.74. The molecule has 0 spiro atoms. The van der Waals surface area contributed by atoms with Crippen molar-refractivity contribution in [3.05, 3.63) is 22.8 Å². The second kappa shape index (κ2) is 4.48. The van der Waals surface area contributed by atoms with Gasteiger partial charge in [0.2, 0.25) is 5.91 Å². The van der Waals surface area contributed by atoms with E-state index >= 15 is 0 Å². The Hall–Kier alpha value is -1.55. The highest BCUT2D eigenvalue weighted by molar-refractivity contribution is 9.10. The molecule has 0 N–H and O–H groups in total. The van der Waals surface area contributed by atoms with Crippen LogP contribution in [0.15, 0.2) is 22.8 Å². The molecule has 1 amide bonds. The third-order valence-electron chi connectivity index (χ3n) is 3.03. The van der Waals surface area contributed by atoms with Gasteiger partial charge in [-0.15, -0.1) is 8.98 Å². The summed E-state index contributed by atoms with van der Waals surface area (Å²) in [5.41, 5.74) is 0.494. The van der Waals surface area contributed by atoms with Gasteiger partial charge in [-0.1, -0.05) is 6.07 Å². The van der Waals surface area contributed by atoms with Crippen LogP contribution in [0.5, 0.6) is 0 Å². The first-order valence-corrected chi connectivity index (χ1v) is 7.85. The van der Waals surface area contributed by atoms with Gasteiger partial charge in [0.15, 0.2) is 5.65 Å². The van der Waals surface area contributed by atoms with Crippen LogP contribution in [0.2, 0.25) is 0 Å². The number of carbonyl (C=O) groups excluding carboxylic acids is 1. The van der Waals surface area contributed by atoms with Crippen molar-refractivity contribution >= 4 is 43.7 Å². The Morgan fingerprint density at radius 1 is 1.40 bits per heavy atom. The smallest absolute Gasteiger partial charge is 0.278 e. The summed E-state index contributed by atoms with van der Waals surface area (Å²) in [5.74, 6) is -0.448. The van der Waals surface area contributed by atoms with Gasteiger partial charge in [-0.3, -0.25) is 9.69 Å². The van der Waals surface area contributed by atoms with Gasteiger partial charge < -0.3 is 0 Å². The van der Waals surface area contributed by atoms with Crippen molar-refractivity contribution in [3.63, 3.8) is 0 Å².